The molecular weight excluding hydrogens is 212 g/mol. The zero-order valence-electron chi connectivity index (χ0n) is 9.46. The fourth-order valence-electron chi connectivity index (χ4n) is 1.77. The molecule has 3 rings (SSSR count). The second kappa shape index (κ2) is 3.59. The number of rotatable bonds is 1. The summed E-state index contributed by atoms with van der Waals surface area (Å²) >= 11 is 0. The van der Waals surface area contributed by atoms with Crippen LogP contribution >= 0.6 is 0 Å². The van der Waals surface area contributed by atoms with Crippen molar-refractivity contribution in [3.8, 4) is 11.4 Å². The average molecular weight is 224 g/mol. The number of nitrogen functional groups attached to an aromatic ring is 1. The Labute approximate surface area is 98.7 Å². The molecule has 2 N–H and O–H groups in total. The van der Waals surface area contributed by atoms with E-state index in [9.17, 15) is 0 Å². The van der Waals surface area contributed by atoms with Crippen molar-refractivity contribution < 1.29 is 0 Å². The van der Waals surface area contributed by atoms with E-state index >= 15 is 0 Å². The van der Waals surface area contributed by atoms with Crippen LogP contribution in [0.5, 0.6) is 0 Å². The molecule has 0 unspecified atom stereocenters. The summed E-state index contributed by atoms with van der Waals surface area (Å²) in [6.45, 7) is 1.96. The molecule has 0 radical (unpaired) electrons. The van der Waals surface area contributed by atoms with Crippen molar-refractivity contribution in [1.29, 1.82) is 0 Å². The first kappa shape index (κ1) is 9.84. The van der Waals surface area contributed by atoms with Gasteiger partial charge in [0.2, 0.25) is 0 Å². The predicted octanol–water partition coefficient (Wildman–Crippen LogP) is 2.29. The highest BCUT2D eigenvalue weighted by Gasteiger charge is 2.09. The molecule has 84 valence electrons. The van der Waals surface area contributed by atoms with Crippen molar-refractivity contribution in [1.82, 2.24) is 14.6 Å². The molecule has 0 saturated carbocycles. The summed E-state index contributed by atoms with van der Waals surface area (Å²) in [4.78, 5) is 4.47. The van der Waals surface area contributed by atoms with E-state index in [1.165, 1.54) is 0 Å². The van der Waals surface area contributed by atoms with Crippen LogP contribution in [0.2, 0.25) is 0 Å². The topological polar surface area (TPSA) is 56.2 Å². The Hall–Kier alpha value is -2.36. The number of hydrogen-bond donors (Lipinski definition) is 1. The summed E-state index contributed by atoms with van der Waals surface area (Å²) in [5.74, 6) is 0.697. The van der Waals surface area contributed by atoms with E-state index < -0.39 is 0 Å². The monoisotopic (exact) mass is 224 g/mol. The van der Waals surface area contributed by atoms with Crippen molar-refractivity contribution in [2.75, 3.05) is 5.73 Å². The Kier molecular flexibility index (Phi) is 2.08. The quantitative estimate of drug-likeness (QED) is 0.690. The molecule has 0 amide bonds. The average Bonchev–Trinajstić information content (AvgIpc) is 2.80. The number of aromatic nitrogens is 3. The van der Waals surface area contributed by atoms with Crippen molar-refractivity contribution in [2.45, 2.75) is 6.92 Å². The van der Waals surface area contributed by atoms with Crippen LogP contribution in [0.15, 0.2) is 42.6 Å². The summed E-state index contributed by atoms with van der Waals surface area (Å²) < 4.78 is 1.71. The zero-order chi connectivity index (χ0) is 11.8. The van der Waals surface area contributed by atoms with Gasteiger partial charge in [-0.1, -0.05) is 30.3 Å². The van der Waals surface area contributed by atoms with E-state index in [-0.39, 0.29) is 0 Å². The third-order valence-electron chi connectivity index (χ3n) is 2.79. The molecule has 0 bridgehead atoms. The number of nitrogens with two attached hydrogens (primary N) is 1. The summed E-state index contributed by atoms with van der Waals surface area (Å²) in [7, 11) is 0. The normalized spacial score (nSPS) is 10.9. The molecule has 2 aromatic heterocycles. The molecule has 0 saturated heterocycles. The number of nitrogens with zero attached hydrogens (tertiary/aromatic N) is 3. The number of aryl methyl sites for hydroxylation is 1. The van der Waals surface area contributed by atoms with E-state index in [2.05, 4.69) is 10.1 Å². The first-order valence-electron chi connectivity index (χ1n) is 5.42. The molecule has 0 spiro atoms. The third kappa shape index (κ3) is 1.54. The van der Waals surface area contributed by atoms with E-state index in [1.54, 1.807) is 4.52 Å². The van der Waals surface area contributed by atoms with Crippen LogP contribution in [-0.2, 0) is 0 Å². The Balaban J connectivity index is 2.24. The number of pyridine rings is 1. The number of hydrogen-bond acceptors (Lipinski definition) is 3. The molecule has 2 heterocycles. The Morgan fingerprint density at radius 2 is 1.88 bits per heavy atom. The lowest BCUT2D eigenvalue weighted by atomic mass is 10.2. The van der Waals surface area contributed by atoms with Gasteiger partial charge in [-0.2, -0.15) is 0 Å². The van der Waals surface area contributed by atoms with E-state index in [4.69, 9.17) is 5.73 Å². The lowest BCUT2D eigenvalue weighted by Gasteiger charge is -1.98. The summed E-state index contributed by atoms with van der Waals surface area (Å²) in [6.07, 6.45) is 1.88. The van der Waals surface area contributed by atoms with Gasteiger partial charge < -0.3 is 5.73 Å². The van der Waals surface area contributed by atoms with Gasteiger partial charge >= 0.3 is 0 Å². The molecule has 4 heteroatoms. The molecule has 0 aliphatic carbocycles. The number of benzene rings is 1. The first-order valence-corrected chi connectivity index (χ1v) is 5.42. The molecule has 3 aromatic rings. The van der Waals surface area contributed by atoms with Crippen molar-refractivity contribution in [3.63, 3.8) is 0 Å². The highest BCUT2D eigenvalue weighted by molar-refractivity contribution is 5.70. The standard InChI is InChI=1S/C13H12N4/c1-9-7-8-17-13(11(9)14)15-12(16-17)10-5-3-2-4-6-10/h2-8H,14H2,1H3. The fourth-order valence-corrected chi connectivity index (χ4v) is 1.77. The minimum absolute atomic E-state index is 0.683. The minimum Gasteiger partial charge on any atom is -0.395 e. The summed E-state index contributed by atoms with van der Waals surface area (Å²) in [5.41, 5.74) is 9.39. The maximum Gasteiger partial charge on any atom is 0.182 e. The first-order chi connectivity index (χ1) is 8.25. The molecular formula is C13H12N4. The van der Waals surface area contributed by atoms with Crippen LogP contribution in [-0.4, -0.2) is 14.6 Å². The molecule has 17 heavy (non-hydrogen) atoms. The Morgan fingerprint density at radius 1 is 1.12 bits per heavy atom. The van der Waals surface area contributed by atoms with Crippen LogP contribution in [0.4, 0.5) is 5.69 Å². The molecule has 0 atom stereocenters. The summed E-state index contributed by atoms with van der Waals surface area (Å²) in [6, 6.07) is 11.8. The van der Waals surface area contributed by atoms with E-state index in [1.807, 2.05) is 49.5 Å². The van der Waals surface area contributed by atoms with Crippen molar-refractivity contribution >= 4 is 11.3 Å². The highest BCUT2D eigenvalue weighted by atomic mass is 15.3. The van der Waals surface area contributed by atoms with Gasteiger partial charge in [-0.25, -0.2) is 9.50 Å². The zero-order valence-corrected chi connectivity index (χ0v) is 9.46. The van der Waals surface area contributed by atoms with Gasteiger partial charge in [0.1, 0.15) is 0 Å². The minimum atomic E-state index is 0.683. The number of anilines is 1. The lowest BCUT2D eigenvalue weighted by molar-refractivity contribution is 0.964. The highest BCUT2D eigenvalue weighted by Crippen LogP contribution is 2.20. The second-order valence-corrected chi connectivity index (χ2v) is 3.98. The van der Waals surface area contributed by atoms with Crippen LogP contribution in [0.3, 0.4) is 0 Å². The van der Waals surface area contributed by atoms with Gasteiger partial charge in [-0.05, 0) is 18.6 Å². The molecule has 0 aliphatic rings. The molecule has 0 aliphatic heterocycles. The number of fused-ring (bicyclic) bond motifs is 1. The van der Waals surface area contributed by atoms with Crippen LogP contribution in [0.1, 0.15) is 5.56 Å². The Bertz CT molecular complexity index is 670. The van der Waals surface area contributed by atoms with E-state index in [0.717, 1.165) is 11.1 Å². The predicted molar refractivity (Wildman–Crippen MR) is 67.6 cm³/mol. The maximum atomic E-state index is 5.99. The van der Waals surface area contributed by atoms with Crippen molar-refractivity contribution in [3.05, 3.63) is 48.2 Å². The van der Waals surface area contributed by atoms with Gasteiger partial charge in [0.25, 0.3) is 0 Å². The summed E-state index contributed by atoms with van der Waals surface area (Å²) in [5, 5.41) is 4.41. The van der Waals surface area contributed by atoms with Gasteiger partial charge in [0.15, 0.2) is 11.5 Å². The van der Waals surface area contributed by atoms with Crippen LogP contribution in [0.25, 0.3) is 17.0 Å². The van der Waals surface area contributed by atoms with Crippen molar-refractivity contribution in [2.24, 2.45) is 0 Å². The molecule has 0 fully saturated rings. The third-order valence-corrected chi connectivity index (χ3v) is 2.79. The van der Waals surface area contributed by atoms with Gasteiger partial charge in [0, 0.05) is 11.8 Å². The second-order valence-electron chi connectivity index (χ2n) is 3.98. The van der Waals surface area contributed by atoms with Crippen LogP contribution in [0, 0.1) is 6.92 Å². The fraction of sp³-hybridized carbons (Fsp3) is 0.0769. The molecule has 4 nitrogen and oxygen atoms in total. The van der Waals surface area contributed by atoms with Gasteiger partial charge in [-0.15, -0.1) is 5.10 Å². The maximum absolute atomic E-state index is 5.99. The lowest BCUT2D eigenvalue weighted by Crippen LogP contribution is -1.96. The SMILES string of the molecule is Cc1ccn2nc(-c3ccccc3)nc2c1N. The largest absolute Gasteiger partial charge is 0.395 e. The van der Waals surface area contributed by atoms with Gasteiger partial charge in [0.05, 0.1) is 5.69 Å². The van der Waals surface area contributed by atoms with Crippen LogP contribution < -0.4 is 5.73 Å². The Morgan fingerprint density at radius 3 is 2.65 bits per heavy atom. The van der Waals surface area contributed by atoms with Gasteiger partial charge in [-0.3, -0.25) is 0 Å². The molecule has 1 aromatic carbocycles. The smallest absolute Gasteiger partial charge is 0.182 e. The van der Waals surface area contributed by atoms with E-state index in [0.29, 0.717) is 17.2 Å².